The van der Waals surface area contributed by atoms with Crippen LogP contribution in [-0.2, 0) is 21.7 Å². The summed E-state index contributed by atoms with van der Waals surface area (Å²) in [6, 6.07) is 7.36. The third-order valence-corrected chi connectivity index (χ3v) is 10.7. The van der Waals surface area contributed by atoms with Gasteiger partial charge in [0.15, 0.2) is 0 Å². The van der Waals surface area contributed by atoms with Crippen molar-refractivity contribution < 1.29 is 14.7 Å². The summed E-state index contributed by atoms with van der Waals surface area (Å²) in [7, 11) is 0. The molecule has 2 aromatic heterocycles. The number of hydrogen-bond donors (Lipinski definition) is 1. The van der Waals surface area contributed by atoms with Gasteiger partial charge in [-0.05, 0) is 112 Å². The Morgan fingerprint density at radius 3 is 1.98 bits per heavy atom. The lowest BCUT2D eigenvalue weighted by Crippen LogP contribution is -2.40. The van der Waals surface area contributed by atoms with E-state index in [1.54, 1.807) is 22.9 Å². The Kier molecular flexibility index (Phi) is 4.42. The summed E-state index contributed by atoms with van der Waals surface area (Å²) >= 11 is 0. The van der Waals surface area contributed by atoms with Crippen LogP contribution in [0.5, 0.6) is 5.75 Å². The fraction of sp³-hybridized carbons (Fsp3) is 0.425. The lowest BCUT2D eigenvalue weighted by Gasteiger charge is -2.49. The van der Waals surface area contributed by atoms with E-state index in [-0.39, 0.29) is 67.8 Å². The van der Waals surface area contributed by atoms with Crippen LogP contribution in [0.4, 0.5) is 0 Å². The average Bonchev–Trinajstić information content (AvgIpc) is 3.36. The van der Waals surface area contributed by atoms with Crippen LogP contribution in [0.15, 0.2) is 60.7 Å². The standard InChI is InChI=1S/C40H46N2O/c1-24-20-33(42-31-13-11-10-12-26(31)27-15-14-25(43)21-32(27)42)41-23-28(24)34-35-29(37(2,3)16-18-39(35,6)7)22-30-36(34)40(8,9)19-17-38(30,4)5/h10-15,20-23,43H,16-19H2,1-9H3/i1D3,10D,11D,12D,13D. The Morgan fingerprint density at radius 1 is 0.744 bits per heavy atom. The number of phenols is 1. The van der Waals surface area contributed by atoms with Gasteiger partial charge in [0.05, 0.1) is 16.5 Å². The summed E-state index contributed by atoms with van der Waals surface area (Å²) in [6.45, 7) is 15.7. The number of aromatic nitrogens is 2. The van der Waals surface area contributed by atoms with E-state index in [1.165, 1.54) is 34.4 Å². The number of para-hydroxylation sites is 1. The molecule has 7 rings (SSSR count). The molecule has 0 bridgehead atoms. The minimum atomic E-state index is -2.55. The van der Waals surface area contributed by atoms with E-state index < -0.39 is 12.9 Å². The Bertz CT molecular complexity index is 2220. The number of fused-ring (bicyclic) bond motifs is 5. The lowest BCUT2D eigenvalue weighted by molar-refractivity contribution is 0.314. The van der Waals surface area contributed by atoms with Gasteiger partial charge in [-0.2, -0.15) is 0 Å². The fourth-order valence-corrected chi connectivity index (χ4v) is 7.90. The average molecular weight is 578 g/mol. The molecule has 2 aliphatic carbocycles. The van der Waals surface area contributed by atoms with E-state index in [4.69, 9.17) is 14.6 Å². The largest absolute Gasteiger partial charge is 0.508 e. The summed E-state index contributed by atoms with van der Waals surface area (Å²) in [5.74, 6) is 0.148. The summed E-state index contributed by atoms with van der Waals surface area (Å²) in [6.07, 6.45) is 5.62. The molecule has 0 atom stereocenters. The molecule has 5 aromatic rings. The Balaban J connectivity index is 1.65. The van der Waals surface area contributed by atoms with Crippen LogP contribution in [0.25, 0.3) is 38.8 Å². The number of aromatic hydroxyl groups is 1. The Labute approximate surface area is 266 Å². The third kappa shape index (κ3) is 4.10. The number of pyridine rings is 1. The molecule has 0 saturated carbocycles. The van der Waals surface area contributed by atoms with Crippen LogP contribution < -0.4 is 0 Å². The summed E-state index contributed by atoms with van der Waals surface area (Å²) in [5, 5.41) is 11.4. The Morgan fingerprint density at radius 2 is 1.35 bits per heavy atom. The van der Waals surface area contributed by atoms with Crippen molar-refractivity contribution in [1.29, 1.82) is 0 Å². The van der Waals surface area contributed by atoms with E-state index in [9.17, 15) is 5.11 Å². The second-order valence-corrected chi connectivity index (χ2v) is 15.5. The maximum Gasteiger partial charge on any atom is 0.137 e. The molecule has 2 heterocycles. The van der Waals surface area contributed by atoms with Crippen LogP contribution in [0.3, 0.4) is 0 Å². The molecule has 222 valence electrons. The SMILES string of the molecule is [2H]c1c([2H])c([2H])c2c(c1[2H])c1ccc(O)cc1n2-c1cc(C([2H])([2H])[2H])c(-c2c3c(cc4c2C(C)(C)CCC4(C)C)C(C)(C)CCC3(C)C)cn1. The van der Waals surface area contributed by atoms with Gasteiger partial charge in [0.1, 0.15) is 11.6 Å². The first-order chi connectivity index (χ1) is 23.0. The van der Waals surface area contributed by atoms with Crippen molar-refractivity contribution in [3.63, 3.8) is 0 Å². The zero-order valence-electron chi connectivity index (χ0n) is 33.6. The van der Waals surface area contributed by atoms with Crippen molar-refractivity contribution in [2.45, 2.75) is 110 Å². The van der Waals surface area contributed by atoms with E-state index in [2.05, 4.69) is 61.5 Å². The first-order valence-corrected chi connectivity index (χ1v) is 15.5. The molecular formula is C40H46N2O. The van der Waals surface area contributed by atoms with Crippen molar-refractivity contribution in [3.8, 4) is 22.7 Å². The highest BCUT2D eigenvalue weighted by atomic mass is 16.3. The minimum absolute atomic E-state index is 0.0540. The predicted molar refractivity (Wildman–Crippen MR) is 181 cm³/mol. The first kappa shape index (κ1) is 21.2. The molecular weight excluding hydrogens is 524 g/mol. The monoisotopic (exact) mass is 577 g/mol. The maximum atomic E-state index is 10.6. The highest BCUT2D eigenvalue weighted by Crippen LogP contribution is 2.57. The topological polar surface area (TPSA) is 38.0 Å². The van der Waals surface area contributed by atoms with Gasteiger partial charge in [0.25, 0.3) is 0 Å². The van der Waals surface area contributed by atoms with Gasteiger partial charge in [0, 0.05) is 32.7 Å². The molecule has 0 radical (unpaired) electrons. The molecule has 1 N–H and O–H groups in total. The minimum Gasteiger partial charge on any atom is -0.508 e. The number of aryl methyl sites for hydroxylation is 1. The van der Waals surface area contributed by atoms with Gasteiger partial charge in [0.2, 0.25) is 0 Å². The van der Waals surface area contributed by atoms with Crippen molar-refractivity contribution >= 4 is 21.8 Å². The number of phenolic OH excluding ortho intramolecular Hbond substituents is 1. The van der Waals surface area contributed by atoms with Gasteiger partial charge >= 0.3 is 0 Å². The molecule has 43 heavy (non-hydrogen) atoms. The summed E-state index contributed by atoms with van der Waals surface area (Å²) in [5.41, 5.74) is 6.47. The van der Waals surface area contributed by atoms with Crippen LogP contribution in [-0.4, -0.2) is 14.7 Å². The van der Waals surface area contributed by atoms with E-state index in [1.807, 2.05) is 0 Å². The van der Waals surface area contributed by atoms with E-state index in [0.717, 1.165) is 31.2 Å². The van der Waals surface area contributed by atoms with Crippen molar-refractivity contribution in [3.05, 3.63) is 88.5 Å². The normalized spacial score (nSPS) is 22.4. The van der Waals surface area contributed by atoms with E-state index in [0.29, 0.717) is 16.5 Å². The van der Waals surface area contributed by atoms with Gasteiger partial charge < -0.3 is 5.11 Å². The van der Waals surface area contributed by atoms with Gasteiger partial charge in [-0.1, -0.05) is 79.6 Å². The molecule has 0 amide bonds. The fourth-order valence-electron chi connectivity index (χ4n) is 7.90. The quantitative estimate of drug-likeness (QED) is 0.227. The van der Waals surface area contributed by atoms with Gasteiger partial charge in [-0.15, -0.1) is 0 Å². The van der Waals surface area contributed by atoms with E-state index >= 15 is 0 Å². The lowest BCUT2D eigenvalue weighted by atomic mass is 9.55. The van der Waals surface area contributed by atoms with Crippen LogP contribution in [0, 0.1) is 6.85 Å². The maximum absolute atomic E-state index is 10.6. The molecule has 3 heteroatoms. The molecule has 0 aliphatic heterocycles. The molecule has 0 spiro atoms. The number of nitrogens with zero attached hydrogens (tertiary/aromatic N) is 2. The number of hydrogen-bond acceptors (Lipinski definition) is 2. The highest BCUT2D eigenvalue weighted by molar-refractivity contribution is 6.09. The van der Waals surface area contributed by atoms with Crippen molar-refractivity contribution in [2.24, 2.45) is 0 Å². The third-order valence-electron chi connectivity index (χ3n) is 10.7. The highest BCUT2D eigenvalue weighted by Gasteiger charge is 2.46. The summed E-state index contributed by atoms with van der Waals surface area (Å²) < 4.78 is 62.9. The molecule has 0 fully saturated rings. The smallest absolute Gasteiger partial charge is 0.137 e. The second-order valence-electron chi connectivity index (χ2n) is 15.5. The van der Waals surface area contributed by atoms with Gasteiger partial charge in [-0.25, -0.2) is 4.98 Å². The van der Waals surface area contributed by atoms with Crippen molar-refractivity contribution in [2.75, 3.05) is 0 Å². The predicted octanol–water partition coefficient (Wildman–Crippen LogP) is 10.6. The zero-order chi connectivity index (χ0) is 36.7. The molecule has 0 saturated heterocycles. The summed E-state index contributed by atoms with van der Waals surface area (Å²) in [4.78, 5) is 4.97. The Hall–Kier alpha value is -3.59. The van der Waals surface area contributed by atoms with Crippen LogP contribution in [0.1, 0.15) is 118 Å². The van der Waals surface area contributed by atoms with Crippen LogP contribution in [0.2, 0.25) is 0 Å². The molecule has 3 nitrogen and oxygen atoms in total. The molecule has 3 aromatic carbocycles. The molecule has 0 unspecified atom stereocenters. The zero-order valence-corrected chi connectivity index (χ0v) is 26.6. The second kappa shape index (κ2) is 8.97. The number of rotatable bonds is 2. The molecule has 2 aliphatic rings. The van der Waals surface area contributed by atoms with Gasteiger partial charge in [-0.3, -0.25) is 4.57 Å². The van der Waals surface area contributed by atoms with Crippen LogP contribution >= 0.6 is 0 Å². The number of benzene rings is 3. The first-order valence-electron chi connectivity index (χ1n) is 19.0. The van der Waals surface area contributed by atoms with Crippen molar-refractivity contribution in [1.82, 2.24) is 9.55 Å².